The number of hydrogen-bond acceptors (Lipinski definition) is 4. The maximum Gasteiger partial charge on any atom is 0.322 e. The van der Waals surface area contributed by atoms with E-state index in [1.54, 1.807) is 5.06 Å². The van der Waals surface area contributed by atoms with Crippen LogP contribution in [0, 0.1) is 0 Å². The van der Waals surface area contributed by atoms with Crippen LogP contribution < -0.4 is 5.32 Å². The maximum atomic E-state index is 10.4. The van der Waals surface area contributed by atoms with Crippen molar-refractivity contribution in [3.8, 4) is 0 Å². The first-order chi connectivity index (χ1) is 4.79. The standard InChI is InChI=1S/C6H12N2O2/c1-6(9)10-8-4-2-7-3-5-8/h7H,2-5H2,1H3. The molecule has 4 heteroatoms. The fraction of sp³-hybridized carbons (Fsp3) is 0.833. The molecule has 58 valence electrons. The minimum Gasteiger partial charge on any atom is -0.368 e. The van der Waals surface area contributed by atoms with Crippen molar-refractivity contribution in [3.63, 3.8) is 0 Å². The highest BCUT2D eigenvalue weighted by Gasteiger charge is 2.11. The summed E-state index contributed by atoms with van der Waals surface area (Å²) >= 11 is 0. The average Bonchev–Trinajstić information content (AvgIpc) is 1.88. The Bertz CT molecular complexity index is 121. The van der Waals surface area contributed by atoms with Crippen LogP contribution in [-0.2, 0) is 9.63 Å². The Hall–Kier alpha value is -0.610. The quantitative estimate of drug-likeness (QED) is 0.532. The Morgan fingerprint density at radius 3 is 2.60 bits per heavy atom. The van der Waals surface area contributed by atoms with Gasteiger partial charge in [-0.1, -0.05) is 0 Å². The van der Waals surface area contributed by atoms with Gasteiger partial charge in [-0.3, -0.25) is 4.79 Å². The summed E-state index contributed by atoms with van der Waals surface area (Å²) in [7, 11) is 0. The number of rotatable bonds is 1. The van der Waals surface area contributed by atoms with Gasteiger partial charge in [0.1, 0.15) is 0 Å². The topological polar surface area (TPSA) is 41.6 Å². The van der Waals surface area contributed by atoms with Crippen molar-refractivity contribution in [2.75, 3.05) is 26.2 Å². The molecule has 4 nitrogen and oxygen atoms in total. The number of carbonyl (C=O) groups excluding carboxylic acids is 1. The monoisotopic (exact) mass is 144 g/mol. The minimum atomic E-state index is -0.234. The van der Waals surface area contributed by atoms with Crippen LogP contribution >= 0.6 is 0 Å². The molecule has 0 atom stereocenters. The lowest BCUT2D eigenvalue weighted by atomic mass is 10.4. The van der Waals surface area contributed by atoms with Gasteiger partial charge >= 0.3 is 5.97 Å². The van der Waals surface area contributed by atoms with E-state index in [0.29, 0.717) is 0 Å². The second kappa shape index (κ2) is 3.53. The SMILES string of the molecule is CC(=O)ON1CCNCC1. The van der Waals surface area contributed by atoms with Gasteiger partial charge in [-0.15, -0.1) is 5.06 Å². The van der Waals surface area contributed by atoms with Crippen molar-refractivity contribution in [1.29, 1.82) is 0 Å². The molecule has 0 radical (unpaired) electrons. The van der Waals surface area contributed by atoms with Crippen LogP contribution in [0.2, 0.25) is 0 Å². The van der Waals surface area contributed by atoms with Crippen LogP contribution in [0.3, 0.4) is 0 Å². The van der Waals surface area contributed by atoms with E-state index < -0.39 is 0 Å². The van der Waals surface area contributed by atoms with Gasteiger partial charge in [-0.2, -0.15) is 0 Å². The first-order valence-corrected chi connectivity index (χ1v) is 3.43. The van der Waals surface area contributed by atoms with Crippen LogP contribution in [0.25, 0.3) is 0 Å². The van der Waals surface area contributed by atoms with E-state index in [0.717, 1.165) is 26.2 Å². The Kier molecular flexibility index (Phi) is 2.65. The maximum absolute atomic E-state index is 10.4. The van der Waals surface area contributed by atoms with Gasteiger partial charge in [0.2, 0.25) is 0 Å². The van der Waals surface area contributed by atoms with E-state index in [-0.39, 0.29) is 5.97 Å². The highest BCUT2D eigenvalue weighted by molar-refractivity contribution is 5.65. The zero-order valence-electron chi connectivity index (χ0n) is 6.09. The summed E-state index contributed by atoms with van der Waals surface area (Å²) in [5.74, 6) is -0.234. The predicted molar refractivity (Wildman–Crippen MR) is 36.2 cm³/mol. The molecule has 10 heavy (non-hydrogen) atoms. The van der Waals surface area contributed by atoms with Gasteiger partial charge in [-0.05, 0) is 0 Å². The summed E-state index contributed by atoms with van der Waals surface area (Å²) in [5, 5.41) is 4.83. The third-order valence-corrected chi connectivity index (χ3v) is 1.33. The van der Waals surface area contributed by atoms with Crippen LogP contribution in [-0.4, -0.2) is 37.2 Å². The molecule has 1 aliphatic heterocycles. The Balaban J connectivity index is 2.19. The summed E-state index contributed by atoms with van der Waals surface area (Å²) in [5.41, 5.74) is 0. The summed E-state index contributed by atoms with van der Waals surface area (Å²) < 4.78 is 0. The fourth-order valence-electron chi connectivity index (χ4n) is 0.917. The zero-order valence-corrected chi connectivity index (χ0v) is 6.09. The molecule has 0 saturated carbocycles. The minimum absolute atomic E-state index is 0.234. The number of hydroxylamine groups is 2. The van der Waals surface area contributed by atoms with Crippen LogP contribution in [0.1, 0.15) is 6.92 Å². The summed E-state index contributed by atoms with van der Waals surface area (Å²) in [6.45, 7) is 4.79. The summed E-state index contributed by atoms with van der Waals surface area (Å²) in [4.78, 5) is 15.3. The van der Waals surface area contributed by atoms with E-state index in [1.807, 2.05) is 0 Å². The molecule has 0 aromatic heterocycles. The van der Waals surface area contributed by atoms with Crippen molar-refractivity contribution >= 4 is 5.97 Å². The molecule has 1 heterocycles. The molecule has 0 amide bonds. The molecular weight excluding hydrogens is 132 g/mol. The Labute approximate surface area is 60.1 Å². The molecule has 1 N–H and O–H groups in total. The number of nitrogens with one attached hydrogen (secondary N) is 1. The van der Waals surface area contributed by atoms with E-state index in [9.17, 15) is 4.79 Å². The summed E-state index contributed by atoms with van der Waals surface area (Å²) in [6.07, 6.45) is 0. The second-order valence-corrected chi connectivity index (χ2v) is 2.26. The third kappa shape index (κ3) is 2.33. The molecule has 0 aromatic carbocycles. The number of hydrogen-bond donors (Lipinski definition) is 1. The van der Waals surface area contributed by atoms with Crippen molar-refractivity contribution in [2.24, 2.45) is 0 Å². The molecule has 0 aliphatic carbocycles. The molecule has 1 saturated heterocycles. The summed E-state index contributed by atoms with van der Waals surface area (Å²) in [6, 6.07) is 0. The molecule has 1 fully saturated rings. The highest BCUT2D eigenvalue weighted by atomic mass is 16.7. The molecule has 0 bridgehead atoms. The predicted octanol–water partition coefficient (Wildman–Crippen LogP) is -0.630. The van der Waals surface area contributed by atoms with Gasteiger partial charge in [0.15, 0.2) is 0 Å². The fourth-order valence-corrected chi connectivity index (χ4v) is 0.917. The van der Waals surface area contributed by atoms with E-state index in [4.69, 9.17) is 4.84 Å². The van der Waals surface area contributed by atoms with Crippen molar-refractivity contribution in [2.45, 2.75) is 6.92 Å². The van der Waals surface area contributed by atoms with E-state index in [2.05, 4.69) is 5.32 Å². The van der Waals surface area contributed by atoms with E-state index >= 15 is 0 Å². The Morgan fingerprint density at radius 1 is 1.50 bits per heavy atom. The zero-order chi connectivity index (χ0) is 7.40. The first kappa shape index (κ1) is 7.50. The molecule has 1 aliphatic rings. The lowest BCUT2D eigenvalue weighted by Gasteiger charge is -2.24. The smallest absolute Gasteiger partial charge is 0.322 e. The van der Waals surface area contributed by atoms with Crippen molar-refractivity contribution in [1.82, 2.24) is 10.4 Å². The number of nitrogens with zero attached hydrogens (tertiary/aromatic N) is 1. The molecular formula is C6H12N2O2. The van der Waals surface area contributed by atoms with Crippen LogP contribution in [0.15, 0.2) is 0 Å². The first-order valence-electron chi connectivity index (χ1n) is 3.43. The largest absolute Gasteiger partial charge is 0.368 e. The number of carbonyl (C=O) groups is 1. The van der Waals surface area contributed by atoms with Gasteiger partial charge in [0.05, 0.1) is 0 Å². The number of piperazine rings is 1. The van der Waals surface area contributed by atoms with E-state index in [1.165, 1.54) is 6.92 Å². The normalized spacial score (nSPS) is 20.5. The van der Waals surface area contributed by atoms with Crippen LogP contribution in [0.4, 0.5) is 0 Å². The molecule has 0 aromatic rings. The molecule has 0 spiro atoms. The molecule has 0 unspecified atom stereocenters. The molecule has 1 rings (SSSR count). The lowest BCUT2D eigenvalue weighted by Crippen LogP contribution is -2.43. The van der Waals surface area contributed by atoms with Gasteiger partial charge < -0.3 is 10.2 Å². The average molecular weight is 144 g/mol. The van der Waals surface area contributed by atoms with Gasteiger partial charge in [-0.25, -0.2) is 0 Å². The Morgan fingerprint density at radius 2 is 2.10 bits per heavy atom. The second-order valence-electron chi connectivity index (χ2n) is 2.26. The van der Waals surface area contributed by atoms with Gasteiger partial charge in [0.25, 0.3) is 0 Å². The van der Waals surface area contributed by atoms with Gasteiger partial charge in [0, 0.05) is 33.1 Å². The van der Waals surface area contributed by atoms with Crippen molar-refractivity contribution in [3.05, 3.63) is 0 Å². The van der Waals surface area contributed by atoms with Crippen molar-refractivity contribution < 1.29 is 9.63 Å². The lowest BCUT2D eigenvalue weighted by molar-refractivity contribution is -0.189. The highest BCUT2D eigenvalue weighted by Crippen LogP contribution is 1.92. The third-order valence-electron chi connectivity index (χ3n) is 1.33. The van der Waals surface area contributed by atoms with Crippen LogP contribution in [0.5, 0.6) is 0 Å².